The number of hydrogen-bond acceptors (Lipinski definition) is 3. The third kappa shape index (κ3) is 2.50. The smallest absolute Gasteiger partial charge is 0.284 e. The molecule has 0 aliphatic rings. The number of aromatic nitrogens is 3. The molecule has 4 aromatic rings. The van der Waals surface area contributed by atoms with Gasteiger partial charge in [0.2, 0.25) is 0 Å². The van der Waals surface area contributed by atoms with Gasteiger partial charge in [0.15, 0.2) is 5.43 Å². The molecule has 26 heavy (non-hydrogen) atoms. The molecule has 2 N–H and O–H groups in total. The van der Waals surface area contributed by atoms with E-state index < -0.39 is 16.8 Å². The lowest BCUT2D eigenvalue weighted by Crippen LogP contribution is -2.18. The van der Waals surface area contributed by atoms with E-state index in [1.54, 1.807) is 13.2 Å². The molecule has 0 unspecified atom stereocenters. The third-order valence-electron chi connectivity index (χ3n) is 4.15. The number of aromatic amines is 2. The Labute approximate surface area is 146 Å². The number of rotatable bonds is 3. The normalized spacial score (nSPS) is 11.0. The Kier molecular flexibility index (Phi) is 3.69. The maximum atomic E-state index is 13.1. The summed E-state index contributed by atoms with van der Waals surface area (Å²) in [6.45, 7) is 0. The molecule has 0 aliphatic carbocycles. The molecule has 0 fully saturated rings. The first-order valence-electron chi connectivity index (χ1n) is 7.86. The fraction of sp³-hybridized carbons (Fsp3) is 0.0526. The van der Waals surface area contributed by atoms with E-state index in [1.807, 2.05) is 18.2 Å². The highest BCUT2D eigenvalue weighted by Gasteiger charge is 2.15. The van der Waals surface area contributed by atoms with Gasteiger partial charge in [0, 0.05) is 11.6 Å². The van der Waals surface area contributed by atoms with Crippen LogP contribution >= 0.6 is 0 Å². The van der Waals surface area contributed by atoms with Crippen molar-refractivity contribution in [1.29, 1.82) is 0 Å². The Bertz CT molecular complexity index is 1220. The van der Waals surface area contributed by atoms with Crippen molar-refractivity contribution < 1.29 is 9.13 Å². The highest BCUT2D eigenvalue weighted by Crippen LogP contribution is 2.27. The molecule has 0 bridgehead atoms. The van der Waals surface area contributed by atoms with E-state index in [0.29, 0.717) is 22.7 Å². The first-order valence-corrected chi connectivity index (χ1v) is 7.86. The summed E-state index contributed by atoms with van der Waals surface area (Å²) in [5.41, 5.74) is 1.02. The molecule has 0 atom stereocenters. The van der Waals surface area contributed by atoms with Crippen molar-refractivity contribution in [3.63, 3.8) is 0 Å². The molecule has 2 aromatic carbocycles. The molecule has 2 heterocycles. The fourth-order valence-electron chi connectivity index (χ4n) is 2.91. The topological polar surface area (TPSA) is 79.9 Å². The Balaban J connectivity index is 1.95. The molecule has 130 valence electrons. The van der Waals surface area contributed by atoms with Crippen LogP contribution in [0.3, 0.4) is 0 Å². The lowest BCUT2D eigenvalue weighted by Gasteiger charge is -2.07. The van der Waals surface area contributed by atoms with Gasteiger partial charge in [-0.1, -0.05) is 12.1 Å². The highest BCUT2D eigenvalue weighted by atomic mass is 19.1. The van der Waals surface area contributed by atoms with Crippen molar-refractivity contribution in [1.82, 2.24) is 14.8 Å². The first kappa shape index (κ1) is 15.9. The lowest BCUT2D eigenvalue weighted by atomic mass is 10.1. The summed E-state index contributed by atoms with van der Waals surface area (Å²) in [4.78, 5) is 28.2. The van der Waals surface area contributed by atoms with E-state index in [4.69, 9.17) is 4.74 Å². The zero-order valence-corrected chi connectivity index (χ0v) is 13.7. The second-order valence-corrected chi connectivity index (χ2v) is 5.73. The molecular formula is C19H14FN3O3. The molecule has 0 aliphatic heterocycles. The van der Waals surface area contributed by atoms with Crippen LogP contribution in [-0.4, -0.2) is 21.9 Å². The number of pyridine rings is 1. The number of ether oxygens (including phenoxy) is 1. The molecule has 7 heteroatoms. The Morgan fingerprint density at radius 1 is 1.04 bits per heavy atom. The molecule has 0 amide bonds. The predicted octanol–water partition coefficient (Wildman–Crippen LogP) is 2.82. The van der Waals surface area contributed by atoms with Crippen LogP contribution < -0.4 is 15.7 Å². The van der Waals surface area contributed by atoms with E-state index in [1.165, 1.54) is 35.0 Å². The van der Waals surface area contributed by atoms with Crippen LogP contribution in [0.2, 0.25) is 0 Å². The minimum Gasteiger partial charge on any atom is -0.496 e. The second-order valence-electron chi connectivity index (χ2n) is 5.73. The molecule has 4 rings (SSSR count). The number of fused-ring (bicyclic) bond motifs is 1. The van der Waals surface area contributed by atoms with Gasteiger partial charge in [-0.2, -0.15) is 0 Å². The van der Waals surface area contributed by atoms with E-state index in [-0.39, 0.29) is 11.0 Å². The van der Waals surface area contributed by atoms with Crippen molar-refractivity contribution in [2.75, 3.05) is 7.11 Å². The lowest BCUT2D eigenvalue weighted by molar-refractivity contribution is 0.416. The van der Waals surface area contributed by atoms with Crippen LogP contribution in [-0.2, 0) is 0 Å². The summed E-state index contributed by atoms with van der Waals surface area (Å²) >= 11 is 0. The number of para-hydroxylation sites is 1. The zero-order chi connectivity index (χ0) is 18.3. The number of H-pyrrole nitrogens is 2. The number of halogens is 1. The minimum absolute atomic E-state index is 0.00738. The first-order chi connectivity index (χ1) is 12.6. The molecule has 0 spiro atoms. The van der Waals surface area contributed by atoms with E-state index in [0.717, 1.165) is 0 Å². The van der Waals surface area contributed by atoms with Gasteiger partial charge in [-0.3, -0.25) is 14.7 Å². The van der Waals surface area contributed by atoms with Gasteiger partial charge in [0.05, 0.1) is 18.5 Å². The van der Waals surface area contributed by atoms with Gasteiger partial charge >= 0.3 is 0 Å². The van der Waals surface area contributed by atoms with Crippen molar-refractivity contribution in [3.05, 3.63) is 81.0 Å². The summed E-state index contributed by atoms with van der Waals surface area (Å²) in [5.74, 6) is 0.190. The van der Waals surface area contributed by atoms with Crippen LogP contribution in [0.5, 0.6) is 5.75 Å². The maximum Gasteiger partial charge on any atom is 0.284 e. The predicted molar refractivity (Wildman–Crippen MR) is 96.5 cm³/mol. The number of nitrogens with zero attached hydrogens (tertiary/aromatic N) is 1. The third-order valence-corrected chi connectivity index (χ3v) is 4.15. The number of nitrogens with one attached hydrogen (secondary N) is 2. The molecule has 0 radical (unpaired) electrons. The van der Waals surface area contributed by atoms with Gasteiger partial charge in [-0.05, 0) is 36.4 Å². The highest BCUT2D eigenvalue weighted by molar-refractivity contribution is 5.79. The Morgan fingerprint density at radius 3 is 2.50 bits per heavy atom. The van der Waals surface area contributed by atoms with Crippen molar-refractivity contribution >= 4 is 11.0 Å². The molecule has 0 saturated heterocycles. The molecular weight excluding hydrogens is 337 g/mol. The van der Waals surface area contributed by atoms with Gasteiger partial charge < -0.3 is 9.72 Å². The van der Waals surface area contributed by atoms with Crippen molar-refractivity contribution in [2.45, 2.75) is 0 Å². The SMILES string of the molecule is COc1ccccc1-c1cc(=O)c2c(=O)n(-c3ccc(F)cc3)[nH]c2[nH]1. The van der Waals surface area contributed by atoms with Gasteiger partial charge in [-0.15, -0.1) is 0 Å². The maximum absolute atomic E-state index is 13.1. The summed E-state index contributed by atoms with van der Waals surface area (Å²) in [7, 11) is 1.54. The number of methoxy groups -OCH3 is 1. The van der Waals surface area contributed by atoms with Crippen LogP contribution in [0.4, 0.5) is 4.39 Å². The Hall–Kier alpha value is -3.61. The van der Waals surface area contributed by atoms with Gasteiger partial charge in [-0.25, -0.2) is 9.07 Å². The second kappa shape index (κ2) is 6.03. The van der Waals surface area contributed by atoms with Crippen LogP contribution in [0.1, 0.15) is 0 Å². The average molecular weight is 351 g/mol. The Morgan fingerprint density at radius 2 is 1.77 bits per heavy atom. The minimum atomic E-state index is -0.501. The fourth-order valence-corrected chi connectivity index (χ4v) is 2.91. The summed E-state index contributed by atoms with van der Waals surface area (Å²) in [6.07, 6.45) is 0. The largest absolute Gasteiger partial charge is 0.496 e. The van der Waals surface area contributed by atoms with E-state index in [9.17, 15) is 14.0 Å². The van der Waals surface area contributed by atoms with Crippen LogP contribution in [0.25, 0.3) is 28.0 Å². The van der Waals surface area contributed by atoms with Crippen LogP contribution in [0, 0.1) is 5.82 Å². The van der Waals surface area contributed by atoms with Gasteiger partial charge in [0.25, 0.3) is 5.56 Å². The van der Waals surface area contributed by atoms with Crippen molar-refractivity contribution in [3.8, 4) is 22.7 Å². The summed E-state index contributed by atoms with van der Waals surface area (Å²) in [5, 5.41) is 2.88. The average Bonchev–Trinajstić information content (AvgIpc) is 2.99. The van der Waals surface area contributed by atoms with Crippen LogP contribution in [0.15, 0.2) is 64.2 Å². The summed E-state index contributed by atoms with van der Waals surface area (Å²) in [6, 6.07) is 14.0. The summed E-state index contributed by atoms with van der Waals surface area (Å²) < 4.78 is 19.6. The molecule has 2 aromatic heterocycles. The molecule has 6 nitrogen and oxygen atoms in total. The quantitative estimate of drug-likeness (QED) is 0.596. The van der Waals surface area contributed by atoms with E-state index in [2.05, 4.69) is 10.1 Å². The van der Waals surface area contributed by atoms with Gasteiger partial charge in [0.1, 0.15) is 22.6 Å². The van der Waals surface area contributed by atoms with Crippen molar-refractivity contribution in [2.24, 2.45) is 0 Å². The zero-order valence-electron chi connectivity index (χ0n) is 13.7. The van der Waals surface area contributed by atoms with E-state index >= 15 is 0 Å². The number of benzene rings is 2. The monoisotopic (exact) mass is 351 g/mol. The molecule has 0 saturated carbocycles. The standard InChI is InChI=1S/C19H14FN3O3/c1-26-16-5-3-2-4-13(16)14-10-15(24)17-18(21-14)22-23(19(17)25)12-8-6-11(20)7-9-12/h2-10H,1H3,(H2,21,22,24). The number of hydrogen-bond donors (Lipinski definition) is 2.